The molecule has 1 fully saturated rings. The smallest absolute Gasteiger partial charge is 0.228 e. The van der Waals surface area contributed by atoms with Crippen LogP contribution in [-0.4, -0.2) is 12.5 Å². The zero-order valence-electron chi connectivity index (χ0n) is 11.8. The molecule has 3 nitrogen and oxygen atoms in total. The zero-order valence-corrected chi connectivity index (χ0v) is 11.8. The number of carbonyl (C=O) groups excluding carboxylic acids is 1. The monoisotopic (exact) mass is 258 g/mol. The van der Waals surface area contributed by atoms with Gasteiger partial charge >= 0.3 is 0 Å². The van der Waals surface area contributed by atoms with Crippen LogP contribution in [0.1, 0.15) is 47.9 Å². The van der Waals surface area contributed by atoms with Crippen LogP contribution in [0, 0.1) is 13.8 Å². The summed E-state index contributed by atoms with van der Waals surface area (Å²) in [5, 5.41) is 3.08. The van der Waals surface area contributed by atoms with Gasteiger partial charge in [0.15, 0.2) is 0 Å². The number of rotatable bonds is 2. The first-order chi connectivity index (χ1) is 9.07. The van der Waals surface area contributed by atoms with Gasteiger partial charge in [-0.05, 0) is 48.9 Å². The van der Waals surface area contributed by atoms with Crippen molar-refractivity contribution in [2.24, 2.45) is 5.73 Å². The van der Waals surface area contributed by atoms with Crippen molar-refractivity contribution in [3.63, 3.8) is 0 Å². The summed E-state index contributed by atoms with van der Waals surface area (Å²) in [6, 6.07) is 2.16. The predicted octanol–water partition coefficient (Wildman–Crippen LogP) is 2.57. The third-order valence-corrected chi connectivity index (χ3v) is 5.03. The lowest BCUT2D eigenvalue weighted by molar-refractivity contribution is -0.115. The maximum atomic E-state index is 11.7. The molecule has 0 unspecified atom stereocenters. The van der Waals surface area contributed by atoms with Crippen molar-refractivity contribution >= 4 is 11.6 Å². The molecular formula is C16H22N2O. The van der Waals surface area contributed by atoms with Crippen molar-refractivity contribution in [2.45, 2.75) is 51.4 Å². The number of anilines is 1. The largest absolute Gasteiger partial charge is 0.330 e. The summed E-state index contributed by atoms with van der Waals surface area (Å²) in [6.45, 7) is 4.99. The molecule has 1 aromatic carbocycles. The van der Waals surface area contributed by atoms with Gasteiger partial charge in [-0.2, -0.15) is 0 Å². The van der Waals surface area contributed by atoms with Gasteiger partial charge in [-0.15, -0.1) is 0 Å². The topological polar surface area (TPSA) is 55.1 Å². The van der Waals surface area contributed by atoms with E-state index in [4.69, 9.17) is 5.73 Å². The summed E-state index contributed by atoms with van der Waals surface area (Å²) in [5.74, 6) is 0.117. The lowest BCUT2D eigenvalue weighted by Gasteiger charge is -2.32. The van der Waals surface area contributed by atoms with Crippen molar-refractivity contribution in [3.05, 3.63) is 28.3 Å². The number of nitrogens with two attached hydrogens (primary N) is 1. The van der Waals surface area contributed by atoms with E-state index in [-0.39, 0.29) is 11.3 Å². The Labute approximate surface area is 114 Å². The molecule has 1 saturated carbocycles. The molecule has 1 aliphatic heterocycles. The van der Waals surface area contributed by atoms with Crippen LogP contribution in [0.5, 0.6) is 0 Å². The van der Waals surface area contributed by atoms with Crippen molar-refractivity contribution < 1.29 is 4.79 Å². The second-order valence-electron chi connectivity index (χ2n) is 6.14. The minimum absolute atomic E-state index is 0.0812. The molecule has 0 saturated heterocycles. The quantitative estimate of drug-likeness (QED) is 0.856. The molecule has 1 aromatic rings. The molecule has 0 radical (unpaired) electrons. The van der Waals surface area contributed by atoms with Gasteiger partial charge in [0.1, 0.15) is 0 Å². The van der Waals surface area contributed by atoms with Crippen LogP contribution in [0.25, 0.3) is 0 Å². The van der Waals surface area contributed by atoms with E-state index in [1.54, 1.807) is 0 Å². The molecule has 0 spiro atoms. The Balaban J connectivity index is 2.23. The second-order valence-corrected chi connectivity index (χ2v) is 6.14. The molecule has 1 heterocycles. The average Bonchev–Trinajstić information content (AvgIpc) is 2.97. The van der Waals surface area contributed by atoms with Gasteiger partial charge in [-0.25, -0.2) is 0 Å². The first-order valence-corrected chi connectivity index (χ1v) is 7.21. The maximum Gasteiger partial charge on any atom is 0.228 e. The third kappa shape index (κ3) is 1.79. The molecule has 3 N–H and O–H groups in total. The van der Waals surface area contributed by atoms with Gasteiger partial charge in [0.25, 0.3) is 0 Å². The van der Waals surface area contributed by atoms with Crippen molar-refractivity contribution in [1.29, 1.82) is 0 Å². The minimum atomic E-state index is 0.0812. The summed E-state index contributed by atoms with van der Waals surface area (Å²) in [5.41, 5.74) is 12.4. The highest BCUT2D eigenvalue weighted by atomic mass is 16.1. The van der Waals surface area contributed by atoms with Crippen LogP contribution < -0.4 is 11.1 Å². The van der Waals surface area contributed by atoms with Gasteiger partial charge in [0, 0.05) is 17.6 Å². The fourth-order valence-electron chi connectivity index (χ4n) is 3.90. The number of nitrogens with one attached hydrogen (secondary N) is 1. The van der Waals surface area contributed by atoms with E-state index in [2.05, 4.69) is 25.2 Å². The molecule has 2 aliphatic rings. The highest BCUT2D eigenvalue weighted by Crippen LogP contribution is 2.47. The van der Waals surface area contributed by atoms with Crippen LogP contribution >= 0.6 is 0 Å². The van der Waals surface area contributed by atoms with E-state index in [0.29, 0.717) is 13.0 Å². The molecule has 0 aromatic heterocycles. The van der Waals surface area contributed by atoms with E-state index in [0.717, 1.165) is 24.1 Å². The molecule has 0 atom stereocenters. The summed E-state index contributed by atoms with van der Waals surface area (Å²) < 4.78 is 0. The summed E-state index contributed by atoms with van der Waals surface area (Å²) in [7, 11) is 0. The fraction of sp³-hybridized carbons (Fsp3) is 0.562. The van der Waals surface area contributed by atoms with Gasteiger partial charge in [0.05, 0.1) is 6.42 Å². The van der Waals surface area contributed by atoms with Crippen LogP contribution in [0.4, 0.5) is 5.69 Å². The number of hydrogen-bond donors (Lipinski definition) is 2. The fourth-order valence-corrected chi connectivity index (χ4v) is 3.90. The first kappa shape index (κ1) is 12.7. The maximum absolute atomic E-state index is 11.7. The van der Waals surface area contributed by atoms with Crippen LogP contribution in [0.2, 0.25) is 0 Å². The van der Waals surface area contributed by atoms with E-state index in [1.165, 1.54) is 29.5 Å². The van der Waals surface area contributed by atoms with Gasteiger partial charge in [-0.3, -0.25) is 4.79 Å². The zero-order chi connectivity index (χ0) is 13.6. The second kappa shape index (κ2) is 4.34. The number of amides is 1. The first-order valence-electron chi connectivity index (χ1n) is 7.21. The van der Waals surface area contributed by atoms with E-state index < -0.39 is 0 Å². The third-order valence-electron chi connectivity index (χ3n) is 5.03. The Hall–Kier alpha value is -1.35. The molecule has 1 amide bonds. The Morgan fingerprint density at radius 2 is 2.00 bits per heavy atom. The van der Waals surface area contributed by atoms with Crippen molar-refractivity contribution in [1.82, 2.24) is 0 Å². The lowest BCUT2D eigenvalue weighted by Crippen LogP contribution is -2.34. The minimum Gasteiger partial charge on any atom is -0.330 e. The number of fused-ring (bicyclic) bond motifs is 1. The molecule has 19 heavy (non-hydrogen) atoms. The SMILES string of the molecule is Cc1cc2c(c(C3(CN)CCCC3)c1C)NC(=O)C2. The van der Waals surface area contributed by atoms with Crippen LogP contribution in [0.15, 0.2) is 6.07 Å². The molecule has 0 bridgehead atoms. The van der Waals surface area contributed by atoms with E-state index >= 15 is 0 Å². The van der Waals surface area contributed by atoms with Gasteiger partial charge < -0.3 is 11.1 Å². The van der Waals surface area contributed by atoms with Crippen LogP contribution in [-0.2, 0) is 16.6 Å². The highest BCUT2D eigenvalue weighted by molar-refractivity contribution is 6.00. The predicted molar refractivity (Wildman–Crippen MR) is 77.5 cm³/mol. The standard InChI is InChI=1S/C16H22N2O/c1-10-7-12-8-13(19)18-15(12)14(11(10)2)16(9-17)5-3-4-6-16/h7H,3-6,8-9,17H2,1-2H3,(H,18,19). The Morgan fingerprint density at radius 3 is 2.63 bits per heavy atom. The Morgan fingerprint density at radius 1 is 1.32 bits per heavy atom. The van der Waals surface area contributed by atoms with Crippen LogP contribution in [0.3, 0.4) is 0 Å². The van der Waals surface area contributed by atoms with E-state index in [9.17, 15) is 4.79 Å². The van der Waals surface area contributed by atoms with Crippen molar-refractivity contribution in [2.75, 3.05) is 11.9 Å². The molecule has 3 heteroatoms. The molecule has 1 aliphatic carbocycles. The van der Waals surface area contributed by atoms with Gasteiger partial charge in [0.2, 0.25) is 5.91 Å². The molecule has 102 valence electrons. The Kier molecular flexibility index (Phi) is 2.90. The normalized spacial score (nSPS) is 20.5. The summed E-state index contributed by atoms with van der Waals surface area (Å²) in [4.78, 5) is 11.7. The van der Waals surface area contributed by atoms with Gasteiger partial charge in [-0.1, -0.05) is 18.9 Å². The summed E-state index contributed by atoms with van der Waals surface area (Å²) in [6.07, 6.45) is 5.30. The average molecular weight is 258 g/mol. The summed E-state index contributed by atoms with van der Waals surface area (Å²) >= 11 is 0. The molecular weight excluding hydrogens is 236 g/mol. The number of benzene rings is 1. The number of aryl methyl sites for hydroxylation is 1. The van der Waals surface area contributed by atoms with Crippen molar-refractivity contribution in [3.8, 4) is 0 Å². The van der Waals surface area contributed by atoms with E-state index in [1.807, 2.05) is 0 Å². The number of hydrogen-bond acceptors (Lipinski definition) is 2. The Bertz CT molecular complexity index is 542. The highest BCUT2D eigenvalue weighted by Gasteiger charge is 2.39. The molecule has 3 rings (SSSR count). The number of carbonyl (C=O) groups is 1. The lowest BCUT2D eigenvalue weighted by atomic mass is 9.74.